The van der Waals surface area contributed by atoms with E-state index in [1.54, 1.807) is 17.5 Å². The summed E-state index contributed by atoms with van der Waals surface area (Å²) < 4.78 is 0. The molecule has 5 heteroatoms. The Morgan fingerprint density at radius 3 is 2.92 bits per heavy atom. The standard InChI is InChI=1S/C21H22N2O2S/c1-14-10-19(26-13-14)20(23-9-3-2-4-18(23)21(24)25)16-5-6-17-12-22-8-7-15(17)11-16/h5-8,10-13,18,20H,2-4,9H2,1H3,(H,24,25). The van der Waals surface area contributed by atoms with Crippen molar-refractivity contribution in [3.05, 3.63) is 64.1 Å². The third-order valence-electron chi connectivity index (χ3n) is 5.16. The zero-order valence-corrected chi connectivity index (χ0v) is 15.6. The molecule has 4 nitrogen and oxygen atoms in total. The Labute approximate surface area is 157 Å². The van der Waals surface area contributed by atoms with Crippen LogP contribution in [0.3, 0.4) is 0 Å². The van der Waals surface area contributed by atoms with Gasteiger partial charge in [0.25, 0.3) is 0 Å². The number of carboxylic acids is 1. The summed E-state index contributed by atoms with van der Waals surface area (Å²) in [4.78, 5) is 19.5. The van der Waals surface area contributed by atoms with Gasteiger partial charge in [-0.3, -0.25) is 14.7 Å². The van der Waals surface area contributed by atoms with E-state index in [9.17, 15) is 9.90 Å². The number of hydrogen-bond acceptors (Lipinski definition) is 4. The van der Waals surface area contributed by atoms with Gasteiger partial charge in [-0.2, -0.15) is 0 Å². The van der Waals surface area contributed by atoms with Gasteiger partial charge in [-0.1, -0.05) is 18.6 Å². The van der Waals surface area contributed by atoms with Gasteiger partial charge in [-0.25, -0.2) is 0 Å². The lowest BCUT2D eigenvalue weighted by molar-refractivity contribution is -0.145. The first-order chi connectivity index (χ1) is 12.6. The monoisotopic (exact) mass is 366 g/mol. The molecule has 1 saturated heterocycles. The minimum absolute atomic E-state index is 0.0207. The Balaban J connectivity index is 1.83. The van der Waals surface area contributed by atoms with Crippen molar-refractivity contribution >= 4 is 28.1 Å². The molecule has 0 radical (unpaired) electrons. The quantitative estimate of drug-likeness (QED) is 0.731. The van der Waals surface area contributed by atoms with Crippen LogP contribution in [0.2, 0.25) is 0 Å². The van der Waals surface area contributed by atoms with Crippen LogP contribution < -0.4 is 0 Å². The van der Waals surface area contributed by atoms with E-state index in [2.05, 4.69) is 46.5 Å². The maximum absolute atomic E-state index is 11.9. The summed E-state index contributed by atoms with van der Waals surface area (Å²) in [5.41, 5.74) is 2.38. The van der Waals surface area contributed by atoms with E-state index in [0.717, 1.165) is 35.7 Å². The van der Waals surface area contributed by atoms with Crippen molar-refractivity contribution in [1.29, 1.82) is 0 Å². The fourth-order valence-corrected chi connectivity index (χ4v) is 4.96. The van der Waals surface area contributed by atoms with Gasteiger partial charge >= 0.3 is 5.97 Å². The van der Waals surface area contributed by atoms with Gasteiger partial charge in [-0.05, 0) is 66.4 Å². The summed E-state index contributed by atoms with van der Waals surface area (Å²) in [6, 6.07) is 10.2. The third kappa shape index (κ3) is 3.24. The van der Waals surface area contributed by atoms with Gasteiger partial charge in [-0.15, -0.1) is 11.3 Å². The van der Waals surface area contributed by atoms with Crippen LogP contribution >= 0.6 is 11.3 Å². The Hall–Kier alpha value is -2.24. The second kappa shape index (κ2) is 7.17. The summed E-state index contributed by atoms with van der Waals surface area (Å²) in [5.74, 6) is -0.715. The lowest BCUT2D eigenvalue weighted by atomic mass is 9.94. The van der Waals surface area contributed by atoms with E-state index in [1.807, 2.05) is 12.3 Å². The molecule has 1 N–H and O–H groups in total. The van der Waals surface area contributed by atoms with Gasteiger partial charge in [0.2, 0.25) is 0 Å². The molecular formula is C21H22N2O2S. The van der Waals surface area contributed by atoms with E-state index < -0.39 is 12.0 Å². The topological polar surface area (TPSA) is 53.4 Å². The second-order valence-corrected chi connectivity index (χ2v) is 7.94. The van der Waals surface area contributed by atoms with E-state index in [1.165, 1.54) is 10.4 Å². The number of fused-ring (bicyclic) bond motifs is 1. The van der Waals surface area contributed by atoms with E-state index in [-0.39, 0.29) is 6.04 Å². The summed E-state index contributed by atoms with van der Waals surface area (Å²) in [7, 11) is 0. The molecule has 2 aromatic heterocycles. The number of nitrogens with zero attached hydrogens (tertiary/aromatic N) is 2. The molecule has 0 saturated carbocycles. The van der Waals surface area contributed by atoms with Crippen LogP contribution in [0.15, 0.2) is 48.1 Å². The number of likely N-dealkylation sites (tertiary alicyclic amines) is 1. The molecule has 3 aromatic rings. The van der Waals surface area contributed by atoms with Gasteiger partial charge in [0.1, 0.15) is 6.04 Å². The molecule has 1 aromatic carbocycles. The highest BCUT2D eigenvalue weighted by Gasteiger charge is 2.35. The van der Waals surface area contributed by atoms with Crippen molar-refractivity contribution in [2.24, 2.45) is 0 Å². The molecular weight excluding hydrogens is 344 g/mol. The molecule has 4 rings (SSSR count). The van der Waals surface area contributed by atoms with E-state index >= 15 is 0 Å². The maximum atomic E-state index is 11.9. The van der Waals surface area contributed by atoms with Crippen LogP contribution in [0.5, 0.6) is 0 Å². The summed E-state index contributed by atoms with van der Waals surface area (Å²) in [6.07, 6.45) is 6.41. The number of aryl methyl sites for hydroxylation is 1. The van der Waals surface area contributed by atoms with Crippen molar-refractivity contribution in [2.45, 2.75) is 38.3 Å². The van der Waals surface area contributed by atoms with Gasteiger partial charge < -0.3 is 5.11 Å². The average Bonchev–Trinajstić information content (AvgIpc) is 3.08. The molecule has 26 heavy (non-hydrogen) atoms. The van der Waals surface area contributed by atoms with Gasteiger partial charge in [0, 0.05) is 22.7 Å². The van der Waals surface area contributed by atoms with Crippen molar-refractivity contribution in [2.75, 3.05) is 6.54 Å². The number of carbonyl (C=O) groups is 1. The SMILES string of the molecule is Cc1csc(C(c2ccc3cnccc3c2)N2CCCCC2C(=O)O)c1. The number of hydrogen-bond donors (Lipinski definition) is 1. The predicted molar refractivity (Wildman–Crippen MR) is 105 cm³/mol. The molecule has 1 aliphatic heterocycles. The van der Waals surface area contributed by atoms with Crippen LogP contribution in [0.4, 0.5) is 0 Å². The van der Waals surface area contributed by atoms with E-state index in [4.69, 9.17) is 0 Å². The smallest absolute Gasteiger partial charge is 0.320 e. The molecule has 2 atom stereocenters. The number of carboxylic acid groups (broad SMARTS) is 1. The maximum Gasteiger partial charge on any atom is 0.320 e. The zero-order valence-electron chi connectivity index (χ0n) is 14.8. The third-order valence-corrected chi connectivity index (χ3v) is 6.26. The molecule has 0 aliphatic carbocycles. The molecule has 1 fully saturated rings. The molecule has 3 heterocycles. The predicted octanol–water partition coefficient (Wildman–Crippen LogP) is 4.63. The minimum atomic E-state index is -0.715. The number of rotatable bonds is 4. The van der Waals surface area contributed by atoms with Crippen LogP contribution in [-0.2, 0) is 4.79 Å². The molecule has 0 bridgehead atoms. The van der Waals surface area contributed by atoms with Crippen molar-refractivity contribution in [3.8, 4) is 0 Å². The normalized spacial score (nSPS) is 19.5. The first-order valence-corrected chi connectivity index (χ1v) is 9.89. The second-order valence-electron chi connectivity index (χ2n) is 7.00. The number of aromatic nitrogens is 1. The lowest BCUT2D eigenvalue weighted by Gasteiger charge is -2.39. The molecule has 0 amide bonds. The molecule has 1 aliphatic rings. The summed E-state index contributed by atoms with van der Waals surface area (Å²) in [5, 5.41) is 14.2. The fourth-order valence-electron chi connectivity index (χ4n) is 3.92. The van der Waals surface area contributed by atoms with Crippen LogP contribution in [-0.4, -0.2) is 33.5 Å². The number of aliphatic carboxylic acids is 1. The highest BCUT2D eigenvalue weighted by Crippen LogP contribution is 2.38. The number of piperidine rings is 1. The molecule has 2 unspecified atom stereocenters. The highest BCUT2D eigenvalue weighted by molar-refractivity contribution is 7.10. The van der Waals surface area contributed by atoms with E-state index in [0.29, 0.717) is 6.42 Å². The first-order valence-electron chi connectivity index (χ1n) is 9.01. The fraction of sp³-hybridized carbons (Fsp3) is 0.333. The van der Waals surface area contributed by atoms with Crippen molar-refractivity contribution < 1.29 is 9.90 Å². The first kappa shape index (κ1) is 17.2. The largest absolute Gasteiger partial charge is 0.480 e. The van der Waals surface area contributed by atoms with Crippen LogP contribution in [0, 0.1) is 6.92 Å². The Morgan fingerprint density at radius 1 is 1.27 bits per heavy atom. The number of pyridine rings is 1. The van der Waals surface area contributed by atoms with Crippen molar-refractivity contribution in [1.82, 2.24) is 9.88 Å². The number of benzene rings is 1. The van der Waals surface area contributed by atoms with Crippen molar-refractivity contribution in [3.63, 3.8) is 0 Å². The molecule has 0 spiro atoms. The Morgan fingerprint density at radius 2 is 2.15 bits per heavy atom. The average molecular weight is 366 g/mol. The van der Waals surface area contributed by atoms with Gasteiger partial charge in [0.05, 0.1) is 6.04 Å². The molecule has 134 valence electrons. The van der Waals surface area contributed by atoms with Crippen LogP contribution in [0.25, 0.3) is 10.8 Å². The van der Waals surface area contributed by atoms with Crippen LogP contribution in [0.1, 0.15) is 41.3 Å². The lowest BCUT2D eigenvalue weighted by Crippen LogP contribution is -2.46. The highest BCUT2D eigenvalue weighted by atomic mass is 32.1. The van der Waals surface area contributed by atoms with Gasteiger partial charge in [0.15, 0.2) is 0 Å². The summed E-state index contributed by atoms with van der Waals surface area (Å²) >= 11 is 1.72. The minimum Gasteiger partial charge on any atom is -0.480 e. The zero-order chi connectivity index (χ0) is 18.1. The Bertz CT molecular complexity index is 936. The number of thiophene rings is 1. The Kier molecular flexibility index (Phi) is 4.74. The summed E-state index contributed by atoms with van der Waals surface area (Å²) in [6.45, 7) is 2.90.